The van der Waals surface area contributed by atoms with Crippen LogP contribution >= 0.6 is 11.8 Å². The van der Waals surface area contributed by atoms with Gasteiger partial charge in [-0.3, -0.25) is 0 Å². The van der Waals surface area contributed by atoms with Gasteiger partial charge in [0.05, 0.1) is 0 Å². The van der Waals surface area contributed by atoms with E-state index in [0.717, 1.165) is 41.7 Å². The quantitative estimate of drug-likeness (QED) is 0.507. The molecule has 4 rings (SSSR count). The minimum Gasteiger partial charge on any atom is -0.482 e. The molecule has 1 N–H and O–H groups in total. The first-order valence-corrected chi connectivity index (χ1v) is 10.6. The van der Waals surface area contributed by atoms with Gasteiger partial charge < -0.3 is 9.84 Å². The predicted octanol–water partition coefficient (Wildman–Crippen LogP) is 5.74. The van der Waals surface area contributed by atoms with Crippen LogP contribution in [0.15, 0.2) is 65.6 Å². The molecule has 3 aromatic carbocycles. The Morgan fingerprint density at radius 2 is 1.59 bits per heavy atom. The van der Waals surface area contributed by atoms with Gasteiger partial charge in [-0.1, -0.05) is 36.4 Å². The van der Waals surface area contributed by atoms with Crippen molar-refractivity contribution in [1.29, 1.82) is 0 Å². The molecule has 0 amide bonds. The number of benzene rings is 3. The third kappa shape index (κ3) is 4.62. The van der Waals surface area contributed by atoms with Crippen LogP contribution < -0.4 is 4.74 Å². The highest BCUT2D eigenvalue weighted by Crippen LogP contribution is 2.38. The van der Waals surface area contributed by atoms with E-state index in [1.807, 2.05) is 12.1 Å². The lowest BCUT2D eigenvalue weighted by molar-refractivity contribution is -0.139. The molecule has 0 heterocycles. The van der Waals surface area contributed by atoms with Crippen molar-refractivity contribution >= 4 is 17.7 Å². The van der Waals surface area contributed by atoms with Crippen LogP contribution in [0.4, 0.5) is 4.39 Å². The van der Waals surface area contributed by atoms with Crippen molar-refractivity contribution in [2.24, 2.45) is 0 Å². The monoisotopic (exact) mass is 408 g/mol. The van der Waals surface area contributed by atoms with E-state index in [1.165, 1.54) is 28.2 Å². The van der Waals surface area contributed by atoms with Gasteiger partial charge in [0.25, 0.3) is 0 Å². The lowest BCUT2D eigenvalue weighted by Crippen LogP contribution is -2.10. The second kappa shape index (κ2) is 8.70. The summed E-state index contributed by atoms with van der Waals surface area (Å²) in [5.74, 6) is 0.367. The first-order valence-electron chi connectivity index (χ1n) is 9.57. The largest absolute Gasteiger partial charge is 0.482 e. The second-order valence-corrected chi connectivity index (χ2v) is 8.06. The highest BCUT2D eigenvalue weighted by Gasteiger charge is 2.20. The summed E-state index contributed by atoms with van der Waals surface area (Å²) in [7, 11) is 0. The Morgan fingerprint density at radius 1 is 0.931 bits per heavy atom. The Labute approximate surface area is 173 Å². The summed E-state index contributed by atoms with van der Waals surface area (Å²) >= 11 is 1.79. The third-order valence-electron chi connectivity index (χ3n) is 5.08. The number of thioether (sulfide) groups is 1. The average Bonchev–Trinajstić information content (AvgIpc) is 3.22. The van der Waals surface area contributed by atoms with Gasteiger partial charge in [-0.2, -0.15) is 0 Å². The molecular formula is C24H21FO3S. The normalized spacial score (nSPS) is 12.6. The first kappa shape index (κ1) is 19.5. The fourth-order valence-corrected chi connectivity index (χ4v) is 4.73. The van der Waals surface area contributed by atoms with Crippen LogP contribution in [0.3, 0.4) is 0 Å². The van der Waals surface area contributed by atoms with E-state index in [1.54, 1.807) is 23.9 Å². The summed E-state index contributed by atoms with van der Waals surface area (Å²) in [5, 5.41) is 8.85. The van der Waals surface area contributed by atoms with Crippen molar-refractivity contribution in [3.05, 3.63) is 83.2 Å². The lowest BCUT2D eigenvalue weighted by atomic mass is 10.0. The average molecular weight is 408 g/mol. The minimum atomic E-state index is -0.959. The van der Waals surface area contributed by atoms with Gasteiger partial charge >= 0.3 is 5.97 Å². The highest BCUT2D eigenvalue weighted by molar-refractivity contribution is 7.98. The number of aliphatic carboxylic acids is 1. The van der Waals surface area contributed by atoms with Crippen LogP contribution in [-0.2, 0) is 23.4 Å². The van der Waals surface area contributed by atoms with Crippen LogP contribution in [0.2, 0.25) is 0 Å². The fraction of sp³-hybridized carbons (Fsp3) is 0.208. The number of fused-ring (bicyclic) bond motifs is 1. The number of carbonyl (C=O) groups is 1. The number of hydrogen-bond acceptors (Lipinski definition) is 3. The van der Waals surface area contributed by atoms with E-state index in [2.05, 4.69) is 24.3 Å². The number of rotatable bonds is 7. The summed E-state index contributed by atoms with van der Waals surface area (Å²) in [6.45, 7) is -0.306. The zero-order valence-electron chi connectivity index (χ0n) is 15.9. The van der Waals surface area contributed by atoms with Gasteiger partial charge in [0.2, 0.25) is 0 Å². The smallest absolute Gasteiger partial charge is 0.341 e. The predicted molar refractivity (Wildman–Crippen MR) is 113 cm³/mol. The Balaban J connectivity index is 1.44. The van der Waals surface area contributed by atoms with Crippen molar-refractivity contribution < 1.29 is 19.0 Å². The van der Waals surface area contributed by atoms with Crippen molar-refractivity contribution in [2.45, 2.75) is 29.9 Å². The minimum absolute atomic E-state index is 0.228. The standard InChI is InChI=1S/C24H21FO3S/c25-19-10-8-18(9-11-19)17-6-4-16(5-7-17)15-29-23-13-12-22(28-14-24(26)27)20-2-1-3-21(20)23/h4-13H,1-3,14-15H2,(H,26,27). The van der Waals surface area contributed by atoms with Gasteiger partial charge in [-0.05, 0) is 71.3 Å². The lowest BCUT2D eigenvalue weighted by Gasteiger charge is -2.13. The molecule has 0 radical (unpaired) electrons. The van der Waals surface area contributed by atoms with Gasteiger partial charge in [0.15, 0.2) is 6.61 Å². The molecule has 3 aromatic rings. The zero-order chi connectivity index (χ0) is 20.2. The molecule has 0 unspecified atom stereocenters. The molecule has 0 aromatic heterocycles. The van der Waals surface area contributed by atoms with Crippen molar-refractivity contribution in [3.63, 3.8) is 0 Å². The SMILES string of the molecule is O=C(O)COc1ccc(SCc2ccc(-c3ccc(F)cc3)cc2)c2c1CCC2. The van der Waals surface area contributed by atoms with Crippen LogP contribution in [0.25, 0.3) is 11.1 Å². The maximum atomic E-state index is 13.1. The van der Waals surface area contributed by atoms with Gasteiger partial charge in [-0.25, -0.2) is 9.18 Å². The number of ether oxygens (including phenoxy) is 1. The molecule has 1 aliphatic carbocycles. The fourth-order valence-electron chi connectivity index (χ4n) is 3.65. The number of hydrogen-bond donors (Lipinski definition) is 1. The summed E-state index contributed by atoms with van der Waals surface area (Å²) in [6.07, 6.45) is 3.01. The molecule has 0 atom stereocenters. The number of halogens is 1. The Morgan fingerprint density at radius 3 is 2.28 bits per heavy atom. The van der Waals surface area contributed by atoms with E-state index < -0.39 is 5.97 Å². The Hall–Kier alpha value is -2.79. The molecule has 0 saturated heterocycles. The van der Waals surface area contributed by atoms with Crippen molar-refractivity contribution in [3.8, 4) is 16.9 Å². The van der Waals surface area contributed by atoms with Gasteiger partial charge in [0.1, 0.15) is 11.6 Å². The van der Waals surface area contributed by atoms with Crippen molar-refractivity contribution in [2.75, 3.05) is 6.61 Å². The Bertz CT molecular complexity index is 1010. The molecular weight excluding hydrogens is 387 g/mol. The summed E-state index contributed by atoms with van der Waals surface area (Å²) in [5.41, 5.74) is 5.74. The molecule has 0 bridgehead atoms. The van der Waals surface area contributed by atoms with E-state index >= 15 is 0 Å². The highest BCUT2D eigenvalue weighted by atomic mass is 32.2. The molecule has 0 fully saturated rings. The topological polar surface area (TPSA) is 46.5 Å². The van der Waals surface area contributed by atoms with Crippen LogP contribution in [0, 0.1) is 5.82 Å². The second-order valence-electron chi connectivity index (χ2n) is 7.05. The number of carboxylic acids is 1. The first-order chi connectivity index (χ1) is 14.1. The molecule has 5 heteroatoms. The number of carboxylic acid groups (broad SMARTS) is 1. The molecule has 0 aliphatic heterocycles. The van der Waals surface area contributed by atoms with E-state index in [-0.39, 0.29) is 12.4 Å². The zero-order valence-corrected chi connectivity index (χ0v) is 16.7. The molecule has 148 valence electrons. The maximum absolute atomic E-state index is 13.1. The molecule has 3 nitrogen and oxygen atoms in total. The summed E-state index contributed by atoms with van der Waals surface area (Å²) in [4.78, 5) is 12.0. The summed E-state index contributed by atoms with van der Waals surface area (Å²) in [6, 6.07) is 18.8. The summed E-state index contributed by atoms with van der Waals surface area (Å²) < 4.78 is 18.5. The van der Waals surface area contributed by atoms with Crippen LogP contribution in [-0.4, -0.2) is 17.7 Å². The molecule has 0 saturated carbocycles. The van der Waals surface area contributed by atoms with Crippen LogP contribution in [0.5, 0.6) is 5.75 Å². The maximum Gasteiger partial charge on any atom is 0.341 e. The van der Waals surface area contributed by atoms with Crippen LogP contribution in [0.1, 0.15) is 23.1 Å². The van der Waals surface area contributed by atoms with E-state index in [0.29, 0.717) is 5.75 Å². The van der Waals surface area contributed by atoms with E-state index in [4.69, 9.17) is 9.84 Å². The molecule has 29 heavy (non-hydrogen) atoms. The van der Waals surface area contributed by atoms with Crippen molar-refractivity contribution in [1.82, 2.24) is 0 Å². The third-order valence-corrected chi connectivity index (χ3v) is 6.25. The van der Waals surface area contributed by atoms with Gasteiger partial charge in [-0.15, -0.1) is 11.8 Å². The molecule has 0 spiro atoms. The molecule has 1 aliphatic rings. The Kier molecular flexibility index (Phi) is 5.86. The van der Waals surface area contributed by atoms with E-state index in [9.17, 15) is 9.18 Å². The van der Waals surface area contributed by atoms with Gasteiger partial charge in [0, 0.05) is 10.6 Å².